The van der Waals surface area contributed by atoms with Crippen LogP contribution in [-0.4, -0.2) is 37.0 Å². The van der Waals surface area contributed by atoms with Crippen molar-refractivity contribution in [2.75, 3.05) is 27.0 Å². The summed E-state index contributed by atoms with van der Waals surface area (Å²) < 4.78 is 10.6. The second-order valence-corrected chi connectivity index (χ2v) is 5.17. The summed E-state index contributed by atoms with van der Waals surface area (Å²) in [7, 11) is 5.23. The quantitative estimate of drug-likeness (QED) is 0.768. The van der Waals surface area contributed by atoms with Crippen LogP contribution >= 0.6 is 11.8 Å². The molecule has 1 atom stereocenters. The number of nitrogens with one attached hydrogen (secondary N) is 2. The van der Waals surface area contributed by atoms with Crippen molar-refractivity contribution in [3.05, 3.63) is 36.2 Å². The van der Waals surface area contributed by atoms with Crippen LogP contribution in [0, 0.1) is 0 Å². The van der Waals surface area contributed by atoms with E-state index in [4.69, 9.17) is 9.47 Å². The van der Waals surface area contributed by atoms with Crippen LogP contribution in [-0.2, 0) is 0 Å². The fourth-order valence-electron chi connectivity index (χ4n) is 1.91. The minimum absolute atomic E-state index is 0.213. The van der Waals surface area contributed by atoms with E-state index in [1.807, 2.05) is 31.4 Å². The molecule has 0 saturated carbocycles. The van der Waals surface area contributed by atoms with Gasteiger partial charge in [0.15, 0.2) is 16.7 Å². The molecule has 0 aliphatic heterocycles. The van der Waals surface area contributed by atoms with Crippen molar-refractivity contribution >= 4 is 11.8 Å². The van der Waals surface area contributed by atoms with E-state index in [9.17, 15) is 0 Å². The number of aromatic nitrogens is 2. The molecular weight excluding hydrogens is 274 g/mol. The smallest absolute Gasteiger partial charge is 0.165 e. The first-order valence-corrected chi connectivity index (χ1v) is 7.28. The molecule has 1 aromatic carbocycles. The molecule has 0 saturated heterocycles. The SMILES string of the molecule is CNC(CSc1ncc[nH]1)c1ccc(OC)c(OC)c1. The number of H-pyrrole nitrogens is 1. The average Bonchev–Trinajstić information content (AvgIpc) is 3.01. The van der Waals surface area contributed by atoms with Crippen LogP contribution < -0.4 is 14.8 Å². The molecule has 2 N–H and O–H groups in total. The topological polar surface area (TPSA) is 59.2 Å². The van der Waals surface area contributed by atoms with Crippen LogP contribution in [0.5, 0.6) is 11.5 Å². The lowest BCUT2D eigenvalue weighted by atomic mass is 10.1. The molecule has 108 valence electrons. The Labute approximate surface area is 123 Å². The molecule has 2 aromatic rings. The molecule has 1 aromatic heterocycles. The zero-order chi connectivity index (χ0) is 14.4. The number of thioether (sulfide) groups is 1. The van der Waals surface area contributed by atoms with Crippen molar-refractivity contribution in [1.29, 1.82) is 0 Å². The van der Waals surface area contributed by atoms with Crippen molar-refractivity contribution in [2.45, 2.75) is 11.2 Å². The van der Waals surface area contributed by atoms with Gasteiger partial charge < -0.3 is 19.8 Å². The third-order valence-electron chi connectivity index (χ3n) is 3.02. The van der Waals surface area contributed by atoms with Crippen LogP contribution in [0.1, 0.15) is 11.6 Å². The molecule has 2 rings (SSSR count). The fourth-order valence-corrected chi connectivity index (χ4v) is 2.88. The zero-order valence-corrected chi connectivity index (χ0v) is 12.7. The Balaban J connectivity index is 2.10. The van der Waals surface area contributed by atoms with Gasteiger partial charge in [0.05, 0.1) is 14.2 Å². The van der Waals surface area contributed by atoms with E-state index in [1.165, 1.54) is 0 Å². The molecule has 0 fully saturated rings. The van der Waals surface area contributed by atoms with Crippen LogP contribution in [0.15, 0.2) is 35.7 Å². The summed E-state index contributed by atoms with van der Waals surface area (Å²) >= 11 is 1.68. The summed E-state index contributed by atoms with van der Waals surface area (Å²) in [6.07, 6.45) is 3.58. The minimum atomic E-state index is 0.213. The van der Waals surface area contributed by atoms with Gasteiger partial charge in [0.25, 0.3) is 0 Å². The number of nitrogens with zero attached hydrogens (tertiary/aromatic N) is 1. The molecule has 5 nitrogen and oxygen atoms in total. The molecular formula is C14H19N3O2S. The predicted octanol–water partition coefficient (Wildman–Crippen LogP) is 2.48. The number of rotatable bonds is 7. The Bertz CT molecular complexity index is 531. The van der Waals surface area contributed by atoms with Gasteiger partial charge in [0, 0.05) is 24.2 Å². The number of hydrogen-bond acceptors (Lipinski definition) is 5. The minimum Gasteiger partial charge on any atom is -0.493 e. The maximum Gasteiger partial charge on any atom is 0.165 e. The highest BCUT2D eigenvalue weighted by Crippen LogP contribution is 2.31. The Hall–Kier alpha value is -1.66. The van der Waals surface area contributed by atoms with Crippen LogP contribution in [0.2, 0.25) is 0 Å². The predicted molar refractivity (Wildman–Crippen MR) is 80.7 cm³/mol. The van der Waals surface area contributed by atoms with Crippen LogP contribution in [0.4, 0.5) is 0 Å². The van der Waals surface area contributed by atoms with E-state index >= 15 is 0 Å². The van der Waals surface area contributed by atoms with E-state index in [1.54, 1.807) is 32.2 Å². The van der Waals surface area contributed by atoms with Gasteiger partial charge in [-0.1, -0.05) is 17.8 Å². The first-order valence-electron chi connectivity index (χ1n) is 6.29. The lowest BCUT2D eigenvalue weighted by Crippen LogP contribution is -2.18. The van der Waals surface area contributed by atoms with Crippen molar-refractivity contribution < 1.29 is 9.47 Å². The standard InChI is InChI=1S/C14H19N3O2S/c1-15-11(9-20-14-16-6-7-17-14)10-4-5-12(18-2)13(8-10)19-3/h4-8,11,15H,9H2,1-3H3,(H,16,17). The molecule has 1 unspecified atom stereocenters. The first kappa shape index (κ1) is 14.7. The molecule has 0 bridgehead atoms. The maximum atomic E-state index is 5.34. The van der Waals surface area contributed by atoms with Crippen LogP contribution in [0.3, 0.4) is 0 Å². The normalized spacial score (nSPS) is 12.2. The summed E-state index contributed by atoms with van der Waals surface area (Å²) in [5, 5.41) is 4.23. The molecule has 0 aliphatic carbocycles. The van der Waals surface area contributed by atoms with Crippen molar-refractivity contribution in [2.24, 2.45) is 0 Å². The summed E-state index contributed by atoms with van der Waals surface area (Å²) in [5.41, 5.74) is 1.16. The van der Waals surface area contributed by atoms with Gasteiger partial charge >= 0.3 is 0 Å². The second-order valence-electron chi connectivity index (χ2n) is 4.16. The second kappa shape index (κ2) is 7.21. The molecule has 0 aliphatic rings. The van der Waals surface area contributed by atoms with E-state index in [2.05, 4.69) is 15.3 Å². The third kappa shape index (κ3) is 3.46. The summed E-state index contributed by atoms with van der Waals surface area (Å²) in [6, 6.07) is 6.19. The van der Waals surface area contributed by atoms with Crippen LogP contribution in [0.25, 0.3) is 0 Å². The molecule has 0 radical (unpaired) electrons. The van der Waals surface area contributed by atoms with Crippen molar-refractivity contribution in [1.82, 2.24) is 15.3 Å². The number of imidazole rings is 1. The van der Waals surface area contributed by atoms with Gasteiger partial charge in [0.1, 0.15) is 0 Å². The third-order valence-corrected chi connectivity index (χ3v) is 4.01. The zero-order valence-electron chi connectivity index (χ0n) is 11.8. The van der Waals surface area contributed by atoms with E-state index in [0.29, 0.717) is 0 Å². The number of benzene rings is 1. The number of aromatic amines is 1. The van der Waals surface area contributed by atoms with Gasteiger partial charge in [-0.25, -0.2) is 4.98 Å². The first-order chi connectivity index (χ1) is 9.78. The van der Waals surface area contributed by atoms with E-state index < -0.39 is 0 Å². The van der Waals surface area contributed by atoms with Gasteiger partial charge in [-0.3, -0.25) is 0 Å². The number of hydrogen-bond donors (Lipinski definition) is 2. The maximum absolute atomic E-state index is 5.34. The Morgan fingerprint density at radius 1 is 1.30 bits per heavy atom. The Morgan fingerprint density at radius 2 is 2.10 bits per heavy atom. The van der Waals surface area contributed by atoms with Gasteiger partial charge in [-0.05, 0) is 24.7 Å². The summed E-state index contributed by atoms with van der Waals surface area (Å²) in [4.78, 5) is 7.30. The molecule has 6 heteroatoms. The van der Waals surface area contributed by atoms with Crippen molar-refractivity contribution in [3.63, 3.8) is 0 Å². The summed E-state index contributed by atoms with van der Waals surface area (Å²) in [5.74, 6) is 2.36. The molecule has 20 heavy (non-hydrogen) atoms. The Kier molecular flexibility index (Phi) is 5.31. The fraction of sp³-hybridized carbons (Fsp3) is 0.357. The van der Waals surface area contributed by atoms with Gasteiger partial charge in [-0.15, -0.1) is 0 Å². The van der Waals surface area contributed by atoms with Gasteiger partial charge in [0.2, 0.25) is 0 Å². The lowest BCUT2D eigenvalue weighted by molar-refractivity contribution is 0.354. The highest BCUT2D eigenvalue weighted by Gasteiger charge is 2.13. The monoisotopic (exact) mass is 293 g/mol. The molecule has 0 spiro atoms. The summed E-state index contributed by atoms with van der Waals surface area (Å²) in [6.45, 7) is 0. The largest absolute Gasteiger partial charge is 0.493 e. The number of ether oxygens (including phenoxy) is 2. The van der Waals surface area contributed by atoms with Crippen molar-refractivity contribution in [3.8, 4) is 11.5 Å². The lowest BCUT2D eigenvalue weighted by Gasteiger charge is -2.17. The molecule has 1 heterocycles. The van der Waals surface area contributed by atoms with Gasteiger partial charge in [-0.2, -0.15) is 0 Å². The highest BCUT2D eigenvalue weighted by molar-refractivity contribution is 7.99. The molecule has 0 amide bonds. The highest BCUT2D eigenvalue weighted by atomic mass is 32.2. The average molecular weight is 293 g/mol. The van der Waals surface area contributed by atoms with E-state index in [-0.39, 0.29) is 6.04 Å². The van der Waals surface area contributed by atoms with E-state index in [0.717, 1.165) is 28.0 Å². The Morgan fingerprint density at radius 3 is 2.70 bits per heavy atom. The number of methoxy groups -OCH3 is 2.